The maximum absolute atomic E-state index is 3.58. The number of hydrogen-bond donors (Lipinski definition) is 1. The molecule has 1 aliphatic rings. The van der Waals surface area contributed by atoms with Crippen molar-refractivity contribution in [1.29, 1.82) is 0 Å². The molecule has 0 spiro atoms. The van der Waals surface area contributed by atoms with Gasteiger partial charge in [-0.3, -0.25) is 0 Å². The van der Waals surface area contributed by atoms with Gasteiger partial charge in [0.1, 0.15) is 0 Å². The van der Waals surface area contributed by atoms with E-state index < -0.39 is 0 Å². The van der Waals surface area contributed by atoms with Gasteiger partial charge >= 0.3 is 0 Å². The third-order valence-corrected chi connectivity index (χ3v) is 5.67. The van der Waals surface area contributed by atoms with Crippen molar-refractivity contribution >= 4 is 23.5 Å². The summed E-state index contributed by atoms with van der Waals surface area (Å²) in [5, 5.41) is 4.39. The van der Waals surface area contributed by atoms with Crippen molar-refractivity contribution in [2.24, 2.45) is 0 Å². The molecule has 2 heterocycles. The van der Waals surface area contributed by atoms with Gasteiger partial charge in [0.15, 0.2) is 0 Å². The van der Waals surface area contributed by atoms with Crippen LogP contribution >= 0.6 is 23.5 Å². The smallest absolute Gasteiger partial charge is 0.0359 e. The Morgan fingerprint density at radius 2 is 2.44 bits per heavy atom. The van der Waals surface area contributed by atoms with E-state index in [1.54, 1.807) is 0 Å². The van der Waals surface area contributed by atoms with Gasteiger partial charge in [-0.2, -0.15) is 23.5 Å². The molecule has 0 saturated carbocycles. The SMILES string of the molecule is CCn1cccc1CNCC1CSCCS1. The van der Waals surface area contributed by atoms with Crippen LogP contribution in [-0.4, -0.2) is 33.6 Å². The van der Waals surface area contributed by atoms with Crippen LogP contribution in [0.4, 0.5) is 0 Å². The summed E-state index contributed by atoms with van der Waals surface area (Å²) in [6.45, 7) is 5.41. The molecular formula is C12H20N2S2. The molecule has 0 aliphatic carbocycles. The minimum absolute atomic E-state index is 0.809. The number of nitrogens with zero attached hydrogens (tertiary/aromatic N) is 1. The van der Waals surface area contributed by atoms with Crippen LogP contribution in [0.2, 0.25) is 0 Å². The van der Waals surface area contributed by atoms with E-state index in [0.29, 0.717) is 0 Å². The molecule has 2 rings (SSSR count). The molecule has 1 atom stereocenters. The van der Waals surface area contributed by atoms with Crippen LogP contribution in [0.25, 0.3) is 0 Å². The molecule has 0 bridgehead atoms. The van der Waals surface area contributed by atoms with Gasteiger partial charge in [0.25, 0.3) is 0 Å². The van der Waals surface area contributed by atoms with E-state index in [-0.39, 0.29) is 0 Å². The first kappa shape index (κ1) is 12.4. The molecule has 1 saturated heterocycles. The average molecular weight is 256 g/mol. The van der Waals surface area contributed by atoms with Crippen LogP contribution < -0.4 is 5.32 Å². The van der Waals surface area contributed by atoms with Crippen molar-refractivity contribution in [2.75, 3.05) is 23.8 Å². The fourth-order valence-electron chi connectivity index (χ4n) is 1.93. The van der Waals surface area contributed by atoms with Gasteiger partial charge in [-0.05, 0) is 19.1 Å². The van der Waals surface area contributed by atoms with Gasteiger partial charge in [0, 0.05) is 54.0 Å². The van der Waals surface area contributed by atoms with E-state index in [4.69, 9.17) is 0 Å². The average Bonchev–Trinajstić information content (AvgIpc) is 2.78. The number of hydrogen-bond acceptors (Lipinski definition) is 3. The van der Waals surface area contributed by atoms with Crippen LogP contribution in [-0.2, 0) is 13.1 Å². The Kier molecular flexibility index (Phi) is 5.13. The quantitative estimate of drug-likeness (QED) is 0.872. The lowest BCUT2D eigenvalue weighted by atomic mass is 10.4. The number of aryl methyl sites for hydroxylation is 1. The second kappa shape index (κ2) is 6.62. The van der Waals surface area contributed by atoms with E-state index >= 15 is 0 Å². The predicted molar refractivity (Wildman–Crippen MR) is 75.4 cm³/mol. The molecule has 0 amide bonds. The van der Waals surface area contributed by atoms with Crippen molar-refractivity contribution in [3.8, 4) is 0 Å². The first-order valence-electron chi connectivity index (χ1n) is 5.94. The summed E-state index contributed by atoms with van der Waals surface area (Å²) in [6.07, 6.45) is 2.15. The van der Waals surface area contributed by atoms with Gasteiger partial charge < -0.3 is 9.88 Å². The summed E-state index contributed by atoms with van der Waals surface area (Å²) in [5.41, 5.74) is 1.40. The zero-order chi connectivity index (χ0) is 11.2. The first-order chi connectivity index (χ1) is 7.90. The maximum Gasteiger partial charge on any atom is 0.0359 e. The third-order valence-electron chi connectivity index (χ3n) is 2.83. The van der Waals surface area contributed by atoms with E-state index in [1.165, 1.54) is 23.0 Å². The van der Waals surface area contributed by atoms with E-state index in [9.17, 15) is 0 Å². The van der Waals surface area contributed by atoms with Gasteiger partial charge in [-0.15, -0.1) is 0 Å². The van der Waals surface area contributed by atoms with Crippen molar-refractivity contribution < 1.29 is 0 Å². The van der Waals surface area contributed by atoms with E-state index in [0.717, 1.165) is 24.9 Å². The summed E-state index contributed by atoms with van der Waals surface area (Å²) in [4.78, 5) is 0. The normalized spacial score (nSPS) is 21.2. The lowest BCUT2D eigenvalue weighted by molar-refractivity contribution is 0.628. The number of thioether (sulfide) groups is 2. The third kappa shape index (κ3) is 3.47. The van der Waals surface area contributed by atoms with Crippen LogP contribution in [0.1, 0.15) is 12.6 Å². The fourth-order valence-corrected chi connectivity index (χ4v) is 4.58. The molecule has 1 aromatic heterocycles. The molecular weight excluding hydrogens is 236 g/mol. The highest BCUT2D eigenvalue weighted by Crippen LogP contribution is 2.23. The van der Waals surface area contributed by atoms with Crippen LogP contribution in [0.3, 0.4) is 0 Å². The Hall–Kier alpha value is -0.0600. The Bertz CT molecular complexity index is 306. The van der Waals surface area contributed by atoms with Gasteiger partial charge in [-0.1, -0.05) is 0 Å². The molecule has 1 unspecified atom stereocenters. The standard InChI is InChI=1S/C12H20N2S2/c1-2-14-5-3-4-11(14)8-13-9-12-10-15-6-7-16-12/h3-5,12-13H,2,6-10H2,1H3. The zero-order valence-electron chi connectivity index (χ0n) is 9.82. The highest BCUT2D eigenvalue weighted by atomic mass is 32.2. The monoisotopic (exact) mass is 256 g/mol. The molecule has 4 heteroatoms. The van der Waals surface area contributed by atoms with Crippen LogP contribution in [0.15, 0.2) is 18.3 Å². The topological polar surface area (TPSA) is 17.0 Å². The molecule has 1 fully saturated rings. The molecule has 16 heavy (non-hydrogen) atoms. The van der Waals surface area contributed by atoms with Gasteiger partial charge in [-0.25, -0.2) is 0 Å². The highest BCUT2D eigenvalue weighted by Gasteiger charge is 2.13. The lowest BCUT2D eigenvalue weighted by Gasteiger charge is -2.21. The summed E-state index contributed by atoms with van der Waals surface area (Å²) in [6, 6.07) is 4.34. The van der Waals surface area contributed by atoms with Gasteiger partial charge in [0.2, 0.25) is 0 Å². The second-order valence-electron chi connectivity index (χ2n) is 3.98. The molecule has 1 N–H and O–H groups in total. The van der Waals surface area contributed by atoms with Crippen molar-refractivity contribution in [1.82, 2.24) is 9.88 Å². The second-order valence-corrected chi connectivity index (χ2v) is 6.54. The van der Waals surface area contributed by atoms with Crippen molar-refractivity contribution in [2.45, 2.75) is 25.3 Å². The first-order valence-corrected chi connectivity index (χ1v) is 8.14. The predicted octanol–water partition coefficient (Wildman–Crippen LogP) is 2.45. The van der Waals surface area contributed by atoms with Crippen LogP contribution in [0.5, 0.6) is 0 Å². The Morgan fingerprint density at radius 3 is 3.19 bits per heavy atom. The lowest BCUT2D eigenvalue weighted by Crippen LogP contribution is -2.29. The number of nitrogens with one attached hydrogen (secondary N) is 1. The Balaban J connectivity index is 1.71. The fraction of sp³-hybridized carbons (Fsp3) is 0.667. The van der Waals surface area contributed by atoms with E-state index in [2.05, 4.69) is 58.7 Å². The molecule has 1 aliphatic heterocycles. The molecule has 1 aromatic rings. The summed E-state index contributed by atoms with van der Waals surface area (Å²) < 4.78 is 2.30. The largest absolute Gasteiger partial charge is 0.351 e. The molecule has 0 aromatic carbocycles. The summed E-state index contributed by atoms with van der Waals surface area (Å²) in [5.74, 6) is 3.97. The van der Waals surface area contributed by atoms with Crippen LogP contribution in [0, 0.1) is 0 Å². The minimum atomic E-state index is 0.809. The summed E-state index contributed by atoms with van der Waals surface area (Å²) >= 11 is 4.21. The zero-order valence-corrected chi connectivity index (χ0v) is 11.4. The Morgan fingerprint density at radius 1 is 1.50 bits per heavy atom. The number of rotatable bonds is 5. The minimum Gasteiger partial charge on any atom is -0.351 e. The van der Waals surface area contributed by atoms with Crippen molar-refractivity contribution in [3.05, 3.63) is 24.0 Å². The number of aromatic nitrogens is 1. The van der Waals surface area contributed by atoms with E-state index in [1.807, 2.05) is 0 Å². The molecule has 2 nitrogen and oxygen atoms in total. The summed E-state index contributed by atoms with van der Waals surface area (Å²) in [7, 11) is 0. The highest BCUT2D eigenvalue weighted by molar-refractivity contribution is 8.06. The molecule has 90 valence electrons. The van der Waals surface area contributed by atoms with Crippen molar-refractivity contribution in [3.63, 3.8) is 0 Å². The molecule has 0 radical (unpaired) electrons. The van der Waals surface area contributed by atoms with Gasteiger partial charge in [0.05, 0.1) is 0 Å². The Labute approximate surface area is 107 Å². The maximum atomic E-state index is 3.58.